The van der Waals surface area contributed by atoms with Gasteiger partial charge in [-0.1, -0.05) is 247 Å². The molecule has 0 aromatic rings. The van der Waals surface area contributed by atoms with Crippen molar-refractivity contribution in [3.05, 3.63) is 85.1 Å². The van der Waals surface area contributed by atoms with Gasteiger partial charge in [-0.05, 0) is 89.9 Å². The van der Waals surface area contributed by atoms with Crippen LogP contribution < -0.4 is 0 Å². The average molecular weight is 948 g/mol. The van der Waals surface area contributed by atoms with Crippen LogP contribution in [0.2, 0.25) is 0 Å². The maximum absolute atomic E-state index is 12.8. The summed E-state index contributed by atoms with van der Waals surface area (Å²) in [6.07, 6.45) is 73.0. The third-order valence-electron chi connectivity index (χ3n) is 12.1. The first-order chi connectivity index (χ1) is 33.5. The summed E-state index contributed by atoms with van der Waals surface area (Å²) in [6.45, 7) is 6.39. The maximum Gasteiger partial charge on any atom is 0.306 e. The average Bonchev–Trinajstić information content (AvgIpc) is 3.34. The van der Waals surface area contributed by atoms with E-state index in [2.05, 4.69) is 106 Å². The Morgan fingerprint density at radius 2 is 0.574 bits per heavy atom. The monoisotopic (exact) mass is 947 g/mol. The molecule has 0 aliphatic heterocycles. The van der Waals surface area contributed by atoms with Gasteiger partial charge in [0, 0.05) is 19.3 Å². The molecule has 0 spiro atoms. The molecule has 0 aliphatic rings. The highest BCUT2D eigenvalue weighted by Gasteiger charge is 2.19. The summed E-state index contributed by atoms with van der Waals surface area (Å²) in [5, 5.41) is 0. The number of unbranched alkanes of at least 4 members (excludes halogenated alkanes) is 26. The molecule has 0 rings (SSSR count). The molecule has 0 saturated carbocycles. The number of carbonyl (C=O) groups is 3. The van der Waals surface area contributed by atoms with E-state index in [0.717, 1.165) is 122 Å². The third kappa shape index (κ3) is 53.5. The normalized spacial score (nSPS) is 12.7. The highest BCUT2D eigenvalue weighted by atomic mass is 16.6. The third-order valence-corrected chi connectivity index (χ3v) is 12.1. The van der Waals surface area contributed by atoms with Crippen LogP contribution in [-0.4, -0.2) is 37.2 Å². The van der Waals surface area contributed by atoms with E-state index >= 15 is 0 Å². The lowest BCUT2D eigenvalue weighted by Gasteiger charge is -2.18. The molecular formula is C62H106O6. The van der Waals surface area contributed by atoms with Crippen LogP contribution in [0.5, 0.6) is 0 Å². The zero-order valence-electron chi connectivity index (χ0n) is 44.6. The predicted octanol–water partition coefficient (Wildman–Crippen LogP) is 19.2. The van der Waals surface area contributed by atoms with Crippen LogP contribution in [0.3, 0.4) is 0 Å². The molecule has 0 fully saturated rings. The number of hydrogen-bond donors (Lipinski definition) is 0. The standard InChI is InChI=1S/C62H106O6/c1-4-7-10-13-16-19-22-25-27-29-30-31-33-34-37-40-43-46-49-52-55-61(64)67-58-59(57-66-60(63)54-51-48-45-42-39-36-24-21-18-15-12-9-6-3)68-62(65)56-53-50-47-44-41-38-35-32-28-26-23-20-17-14-11-8-5-2/h8-9,11-12,17-18,20-21,26,28,35-36,38-39,59H,4-7,10,13-16,19,22-25,27,29-34,37,40-58H2,1-3H3/b11-8-,12-9-,20-17-,21-18-,28-26-,38-35-,39-36-. The molecule has 0 bridgehead atoms. The molecule has 0 radical (unpaired) electrons. The van der Waals surface area contributed by atoms with E-state index in [9.17, 15) is 14.4 Å². The van der Waals surface area contributed by atoms with Crippen LogP contribution >= 0.6 is 0 Å². The predicted molar refractivity (Wildman–Crippen MR) is 293 cm³/mol. The summed E-state index contributed by atoms with van der Waals surface area (Å²) in [4.78, 5) is 38.1. The Hall–Kier alpha value is -3.41. The molecule has 0 amide bonds. The second kappa shape index (κ2) is 56.2. The number of allylic oxidation sites excluding steroid dienone is 14. The van der Waals surface area contributed by atoms with Gasteiger partial charge in [-0.3, -0.25) is 14.4 Å². The van der Waals surface area contributed by atoms with Gasteiger partial charge in [0.1, 0.15) is 13.2 Å². The Morgan fingerprint density at radius 1 is 0.309 bits per heavy atom. The molecule has 1 unspecified atom stereocenters. The van der Waals surface area contributed by atoms with Gasteiger partial charge in [0.25, 0.3) is 0 Å². The van der Waals surface area contributed by atoms with Crippen molar-refractivity contribution in [3.8, 4) is 0 Å². The smallest absolute Gasteiger partial charge is 0.306 e. The summed E-state index contributed by atoms with van der Waals surface area (Å²) >= 11 is 0. The van der Waals surface area contributed by atoms with Gasteiger partial charge in [-0.25, -0.2) is 0 Å². The largest absolute Gasteiger partial charge is 0.462 e. The number of hydrogen-bond acceptors (Lipinski definition) is 6. The lowest BCUT2D eigenvalue weighted by Crippen LogP contribution is -2.30. The lowest BCUT2D eigenvalue weighted by molar-refractivity contribution is -0.167. The molecule has 68 heavy (non-hydrogen) atoms. The van der Waals surface area contributed by atoms with Gasteiger partial charge >= 0.3 is 17.9 Å². The van der Waals surface area contributed by atoms with Gasteiger partial charge in [0.15, 0.2) is 6.10 Å². The molecule has 1 atom stereocenters. The molecule has 0 saturated heterocycles. The van der Waals surface area contributed by atoms with Crippen molar-refractivity contribution in [2.45, 2.75) is 277 Å². The van der Waals surface area contributed by atoms with Crippen molar-refractivity contribution in [1.82, 2.24) is 0 Å². The molecule has 0 aliphatic carbocycles. The van der Waals surface area contributed by atoms with Crippen molar-refractivity contribution in [2.24, 2.45) is 0 Å². The highest BCUT2D eigenvalue weighted by molar-refractivity contribution is 5.71. The van der Waals surface area contributed by atoms with Gasteiger partial charge in [-0.15, -0.1) is 0 Å². The Labute approximate surface area is 420 Å². The number of rotatable bonds is 51. The van der Waals surface area contributed by atoms with E-state index in [1.807, 2.05) is 0 Å². The SMILES string of the molecule is CC/C=C\C/C=C\C/C=C\C/C=C\CCCCCCC(=O)OC(COC(=O)CCCCC/C=C\C/C=C\C/C=C\CC)COC(=O)CCCCCCCCCCCCCCCCCCCCCC. The molecule has 6 heteroatoms. The minimum atomic E-state index is -0.801. The number of carbonyl (C=O) groups excluding carboxylic acids is 3. The topological polar surface area (TPSA) is 78.9 Å². The summed E-state index contributed by atoms with van der Waals surface area (Å²) in [5.41, 5.74) is 0. The van der Waals surface area contributed by atoms with Crippen LogP contribution in [0.15, 0.2) is 85.1 Å². The lowest BCUT2D eigenvalue weighted by atomic mass is 10.0. The van der Waals surface area contributed by atoms with Crippen molar-refractivity contribution in [2.75, 3.05) is 13.2 Å². The second-order valence-electron chi connectivity index (χ2n) is 18.8. The number of ether oxygens (including phenoxy) is 3. The molecule has 6 nitrogen and oxygen atoms in total. The Kier molecular flexibility index (Phi) is 53.4. The van der Waals surface area contributed by atoms with E-state index in [4.69, 9.17) is 14.2 Å². The van der Waals surface area contributed by atoms with E-state index in [1.165, 1.54) is 109 Å². The van der Waals surface area contributed by atoms with E-state index in [1.54, 1.807) is 0 Å². The van der Waals surface area contributed by atoms with E-state index < -0.39 is 6.10 Å². The Morgan fingerprint density at radius 3 is 0.912 bits per heavy atom. The fraction of sp³-hybridized carbons (Fsp3) is 0.726. The van der Waals surface area contributed by atoms with Crippen molar-refractivity contribution < 1.29 is 28.6 Å². The molecule has 0 N–H and O–H groups in total. The quantitative estimate of drug-likeness (QED) is 0.0262. The van der Waals surface area contributed by atoms with Crippen molar-refractivity contribution >= 4 is 17.9 Å². The Bertz CT molecular complexity index is 1320. The first-order valence-electron chi connectivity index (χ1n) is 28.6. The van der Waals surface area contributed by atoms with Crippen LogP contribution in [0.4, 0.5) is 0 Å². The van der Waals surface area contributed by atoms with Gasteiger partial charge in [0.05, 0.1) is 0 Å². The zero-order valence-corrected chi connectivity index (χ0v) is 44.6. The van der Waals surface area contributed by atoms with Gasteiger partial charge < -0.3 is 14.2 Å². The summed E-state index contributed by atoms with van der Waals surface area (Å²) in [6, 6.07) is 0. The number of esters is 3. The van der Waals surface area contributed by atoms with Crippen LogP contribution in [0.1, 0.15) is 271 Å². The molecule has 0 aromatic carbocycles. The van der Waals surface area contributed by atoms with Gasteiger partial charge in [-0.2, -0.15) is 0 Å². The van der Waals surface area contributed by atoms with Crippen LogP contribution in [0.25, 0.3) is 0 Å². The van der Waals surface area contributed by atoms with Crippen LogP contribution in [-0.2, 0) is 28.6 Å². The Balaban J connectivity index is 4.40. The molecule has 0 heterocycles. The second-order valence-corrected chi connectivity index (χ2v) is 18.8. The first kappa shape index (κ1) is 64.6. The highest BCUT2D eigenvalue weighted by Crippen LogP contribution is 2.16. The van der Waals surface area contributed by atoms with Gasteiger partial charge in [0.2, 0.25) is 0 Å². The fourth-order valence-corrected chi connectivity index (χ4v) is 7.92. The summed E-state index contributed by atoms with van der Waals surface area (Å²) < 4.78 is 16.8. The minimum Gasteiger partial charge on any atom is -0.462 e. The molecule has 390 valence electrons. The fourth-order valence-electron chi connectivity index (χ4n) is 7.92. The summed E-state index contributed by atoms with van der Waals surface area (Å²) in [5.74, 6) is -0.943. The zero-order chi connectivity index (χ0) is 49.3. The van der Waals surface area contributed by atoms with Crippen LogP contribution in [0, 0.1) is 0 Å². The minimum absolute atomic E-state index is 0.0944. The maximum atomic E-state index is 12.8. The molecule has 0 aromatic heterocycles. The van der Waals surface area contributed by atoms with E-state index in [-0.39, 0.29) is 31.1 Å². The molecular weight excluding hydrogens is 841 g/mol. The van der Waals surface area contributed by atoms with Crippen molar-refractivity contribution in [1.29, 1.82) is 0 Å². The van der Waals surface area contributed by atoms with Crippen molar-refractivity contribution in [3.63, 3.8) is 0 Å². The summed E-state index contributed by atoms with van der Waals surface area (Å²) in [7, 11) is 0. The first-order valence-corrected chi connectivity index (χ1v) is 28.6. The van der Waals surface area contributed by atoms with E-state index in [0.29, 0.717) is 19.3 Å².